The second kappa shape index (κ2) is 2.35. The molecule has 0 amide bonds. The summed E-state index contributed by atoms with van der Waals surface area (Å²) in [5, 5.41) is 11.2. The third-order valence-corrected chi connectivity index (χ3v) is 1.08. The quantitative estimate of drug-likeness (QED) is 0.530. The maximum Gasteiger partial charge on any atom is 0.314 e. The van der Waals surface area contributed by atoms with Gasteiger partial charge in [-0.3, -0.25) is 4.79 Å². The summed E-state index contributed by atoms with van der Waals surface area (Å²) in [4.78, 5) is 10.2. The Hall–Kier alpha value is -1.25. The van der Waals surface area contributed by atoms with E-state index in [0.717, 1.165) is 0 Å². The zero-order chi connectivity index (χ0) is 6.69. The first-order valence-electron chi connectivity index (χ1n) is 2.63. The largest absolute Gasteiger partial charge is 0.481 e. The average Bonchev–Trinajstić information content (AvgIpc) is 1.90. The molecule has 3 heteroatoms. The molecule has 0 aliphatic carbocycles. The van der Waals surface area contributed by atoms with Crippen molar-refractivity contribution in [3.05, 3.63) is 24.6 Å². The summed E-state index contributed by atoms with van der Waals surface area (Å²) in [6.07, 6.45) is 6.39. The van der Waals surface area contributed by atoms with Crippen LogP contribution in [0.25, 0.3) is 0 Å². The van der Waals surface area contributed by atoms with E-state index >= 15 is 0 Å². The number of rotatable bonds is 1. The lowest BCUT2D eigenvalue weighted by Crippen LogP contribution is -2.12. The summed E-state index contributed by atoms with van der Waals surface area (Å²) < 4.78 is 0. The highest BCUT2D eigenvalue weighted by molar-refractivity contribution is 5.74. The van der Waals surface area contributed by atoms with Crippen LogP contribution < -0.4 is 5.32 Å². The summed E-state index contributed by atoms with van der Waals surface area (Å²) in [5.74, 6) is -1.27. The number of nitrogens with one attached hydrogen (secondary N) is 1. The van der Waals surface area contributed by atoms with Gasteiger partial charge in [-0.1, -0.05) is 12.2 Å². The Labute approximate surface area is 52.7 Å². The van der Waals surface area contributed by atoms with Gasteiger partial charge in [-0.2, -0.15) is 0 Å². The lowest BCUT2D eigenvalue weighted by Gasteiger charge is -2.04. The van der Waals surface area contributed by atoms with Gasteiger partial charge in [0.25, 0.3) is 0 Å². The molecule has 48 valence electrons. The van der Waals surface area contributed by atoms with Crippen LogP contribution in [-0.2, 0) is 4.79 Å². The third-order valence-electron chi connectivity index (χ3n) is 1.08. The topological polar surface area (TPSA) is 49.3 Å². The molecule has 0 unspecified atom stereocenters. The fourth-order valence-corrected chi connectivity index (χ4v) is 0.603. The predicted molar refractivity (Wildman–Crippen MR) is 32.5 cm³/mol. The van der Waals surface area contributed by atoms with Crippen LogP contribution in [0.3, 0.4) is 0 Å². The van der Waals surface area contributed by atoms with Crippen LogP contribution in [-0.4, -0.2) is 11.1 Å². The molecule has 3 nitrogen and oxygen atoms in total. The fraction of sp³-hybridized carbons (Fsp3) is 0.167. The van der Waals surface area contributed by atoms with Crippen molar-refractivity contribution in [1.82, 2.24) is 5.32 Å². The van der Waals surface area contributed by atoms with Crippen molar-refractivity contribution in [2.75, 3.05) is 0 Å². The molecule has 0 atom stereocenters. The highest BCUT2D eigenvalue weighted by Gasteiger charge is 2.09. The Morgan fingerprint density at radius 3 is 2.33 bits per heavy atom. The highest BCUT2D eigenvalue weighted by atomic mass is 16.4. The van der Waals surface area contributed by atoms with Crippen LogP contribution in [0.2, 0.25) is 0 Å². The minimum Gasteiger partial charge on any atom is -0.481 e. The van der Waals surface area contributed by atoms with Gasteiger partial charge in [0, 0.05) is 0 Å². The molecule has 1 heterocycles. The van der Waals surface area contributed by atoms with Gasteiger partial charge in [0.1, 0.15) is 0 Å². The highest BCUT2D eigenvalue weighted by Crippen LogP contribution is 2.02. The van der Waals surface area contributed by atoms with E-state index in [2.05, 4.69) is 5.32 Å². The van der Waals surface area contributed by atoms with Crippen molar-refractivity contribution >= 4 is 5.97 Å². The molecule has 1 aliphatic heterocycles. The minimum atomic E-state index is -0.816. The fourth-order valence-electron chi connectivity index (χ4n) is 0.603. The van der Waals surface area contributed by atoms with E-state index < -0.39 is 11.9 Å². The van der Waals surface area contributed by atoms with Crippen LogP contribution in [0.4, 0.5) is 0 Å². The molecular weight excluding hydrogens is 118 g/mol. The summed E-state index contributed by atoms with van der Waals surface area (Å²) in [6.45, 7) is 0. The van der Waals surface area contributed by atoms with Gasteiger partial charge in [-0.05, 0) is 12.4 Å². The van der Waals surface area contributed by atoms with E-state index in [-0.39, 0.29) is 0 Å². The number of carbonyl (C=O) groups is 1. The van der Waals surface area contributed by atoms with Gasteiger partial charge in [0.15, 0.2) is 0 Å². The number of hydrogen-bond donors (Lipinski definition) is 2. The Morgan fingerprint density at radius 2 is 2.00 bits per heavy atom. The van der Waals surface area contributed by atoms with Crippen LogP contribution in [0.5, 0.6) is 0 Å². The predicted octanol–water partition coefficient (Wildman–Crippen LogP) is 0.318. The summed E-state index contributed by atoms with van der Waals surface area (Å²) in [6, 6.07) is 0. The summed E-state index contributed by atoms with van der Waals surface area (Å²) in [5.41, 5.74) is 0. The van der Waals surface area contributed by atoms with Crippen LogP contribution >= 0.6 is 0 Å². The van der Waals surface area contributed by atoms with Crippen molar-refractivity contribution in [1.29, 1.82) is 0 Å². The first-order chi connectivity index (χ1) is 4.30. The molecule has 0 aromatic heterocycles. The monoisotopic (exact) mass is 125 g/mol. The average molecular weight is 125 g/mol. The molecule has 2 N–H and O–H groups in total. The van der Waals surface area contributed by atoms with E-state index in [4.69, 9.17) is 5.11 Å². The molecule has 0 saturated carbocycles. The zero-order valence-corrected chi connectivity index (χ0v) is 4.74. The van der Waals surface area contributed by atoms with Crippen molar-refractivity contribution in [2.45, 2.75) is 0 Å². The SMILES string of the molecule is O=C(O)C1C=CNC=C1. The smallest absolute Gasteiger partial charge is 0.314 e. The van der Waals surface area contributed by atoms with E-state index in [0.29, 0.717) is 0 Å². The molecule has 0 fully saturated rings. The standard InChI is InChI=1S/C6H7NO2/c8-6(9)5-1-3-7-4-2-5/h1-5,7H,(H,8,9). The first-order valence-corrected chi connectivity index (χ1v) is 2.63. The van der Waals surface area contributed by atoms with E-state index in [1.807, 2.05) is 0 Å². The Morgan fingerprint density at radius 1 is 1.44 bits per heavy atom. The summed E-state index contributed by atoms with van der Waals surface area (Å²) in [7, 11) is 0. The van der Waals surface area contributed by atoms with Crippen molar-refractivity contribution in [2.24, 2.45) is 5.92 Å². The van der Waals surface area contributed by atoms with Gasteiger partial charge < -0.3 is 10.4 Å². The van der Waals surface area contributed by atoms with Crippen molar-refractivity contribution in [3.8, 4) is 0 Å². The normalized spacial score (nSPS) is 17.3. The molecular formula is C6H7NO2. The number of aliphatic carboxylic acids is 1. The first kappa shape index (κ1) is 5.88. The van der Waals surface area contributed by atoms with Crippen molar-refractivity contribution in [3.63, 3.8) is 0 Å². The van der Waals surface area contributed by atoms with Gasteiger partial charge in [0.2, 0.25) is 0 Å². The lowest BCUT2D eigenvalue weighted by atomic mass is 10.1. The maximum atomic E-state index is 10.2. The molecule has 9 heavy (non-hydrogen) atoms. The second-order valence-corrected chi connectivity index (χ2v) is 1.75. The van der Waals surface area contributed by atoms with Gasteiger partial charge in [0.05, 0.1) is 5.92 Å². The van der Waals surface area contributed by atoms with E-state index in [1.165, 1.54) is 0 Å². The van der Waals surface area contributed by atoms with Gasteiger partial charge in [-0.15, -0.1) is 0 Å². The number of carboxylic acid groups (broad SMARTS) is 1. The van der Waals surface area contributed by atoms with E-state index in [1.54, 1.807) is 24.6 Å². The number of dihydropyridines is 1. The van der Waals surface area contributed by atoms with Gasteiger partial charge >= 0.3 is 5.97 Å². The molecule has 0 spiro atoms. The second-order valence-electron chi connectivity index (χ2n) is 1.75. The molecule has 0 bridgehead atoms. The molecule has 1 rings (SSSR count). The Kier molecular flexibility index (Phi) is 1.53. The third kappa shape index (κ3) is 1.32. The van der Waals surface area contributed by atoms with Crippen LogP contribution in [0.15, 0.2) is 24.6 Å². The number of carboxylic acids is 1. The van der Waals surface area contributed by atoms with Crippen LogP contribution in [0.1, 0.15) is 0 Å². The van der Waals surface area contributed by atoms with E-state index in [9.17, 15) is 4.79 Å². The Bertz CT molecular complexity index is 160. The minimum absolute atomic E-state index is 0.453. The lowest BCUT2D eigenvalue weighted by molar-refractivity contribution is -0.138. The molecule has 0 radical (unpaired) electrons. The maximum absolute atomic E-state index is 10.2. The summed E-state index contributed by atoms with van der Waals surface area (Å²) >= 11 is 0. The van der Waals surface area contributed by atoms with Crippen molar-refractivity contribution < 1.29 is 9.90 Å². The van der Waals surface area contributed by atoms with Gasteiger partial charge in [-0.25, -0.2) is 0 Å². The number of hydrogen-bond acceptors (Lipinski definition) is 2. The van der Waals surface area contributed by atoms with Crippen LogP contribution in [0, 0.1) is 5.92 Å². The zero-order valence-electron chi connectivity index (χ0n) is 4.74. The Balaban J connectivity index is 2.60. The molecule has 0 saturated heterocycles. The molecule has 1 aliphatic rings. The molecule has 0 aromatic rings. The molecule has 0 aromatic carbocycles.